The molecule has 0 saturated heterocycles. The van der Waals surface area contributed by atoms with Crippen molar-refractivity contribution in [3.8, 4) is 0 Å². The maximum Gasteiger partial charge on any atom is 0.265 e. The molecule has 20 heavy (non-hydrogen) atoms. The van der Waals surface area contributed by atoms with Gasteiger partial charge in [0, 0.05) is 20.6 Å². The highest BCUT2D eigenvalue weighted by Gasteiger charge is 2.17. The second kappa shape index (κ2) is 7.09. The number of carbonyl (C=O) groups is 2. The lowest BCUT2D eigenvalue weighted by Gasteiger charge is -2.10. The average Bonchev–Trinajstić information content (AvgIpc) is 2.74. The highest BCUT2D eigenvalue weighted by Crippen LogP contribution is 2.24. The highest BCUT2D eigenvalue weighted by atomic mass is 32.1. The minimum atomic E-state index is -0.382. The summed E-state index contributed by atoms with van der Waals surface area (Å²) in [5.74, 6) is 0.0820. The summed E-state index contributed by atoms with van der Waals surface area (Å²) in [6.45, 7) is 4.85. The number of hydrogen-bond donors (Lipinski definition) is 3. The van der Waals surface area contributed by atoms with Crippen LogP contribution < -0.4 is 16.4 Å². The van der Waals surface area contributed by atoms with Gasteiger partial charge in [0.2, 0.25) is 5.91 Å². The Balaban J connectivity index is 2.62. The van der Waals surface area contributed by atoms with Crippen LogP contribution in [0, 0.1) is 5.92 Å². The van der Waals surface area contributed by atoms with E-state index in [2.05, 4.69) is 29.5 Å². The number of carbonyl (C=O) groups excluding carboxylic acids is 2. The smallest absolute Gasteiger partial charge is 0.265 e. The van der Waals surface area contributed by atoms with E-state index in [1.807, 2.05) is 0 Å². The molecule has 112 valence electrons. The predicted octanol–water partition coefficient (Wildman–Crippen LogP) is 0.611. The second-order valence-electron chi connectivity index (χ2n) is 4.98. The van der Waals surface area contributed by atoms with Crippen LogP contribution in [-0.4, -0.2) is 48.9 Å². The number of likely N-dealkylation sites (N-methyl/N-ethyl adjacent to an activating group) is 1. The summed E-state index contributed by atoms with van der Waals surface area (Å²) < 4.78 is 0. The number of nitrogens with two attached hydrogens (primary N) is 1. The van der Waals surface area contributed by atoms with Gasteiger partial charge in [0.25, 0.3) is 5.91 Å². The Labute approximate surface area is 122 Å². The van der Waals surface area contributed by atoms with Gasteiger partial charge in [-0.05, 0) is 5.92 Å². The number of hydrogen-bond acceptors (Lipinski definition) is 6. The van der Waals surface area contributed by atoms with Crippen LogP contribution in [0.4, 0.5) is 10.9 Å². The second-order valence-corrected chi connectivity index (χ2v) is 5.98. The minimum absolute atomic E-state index is 0.0576. The largest absolute Gasteiger partial charge is 0.382 e. The first-order valence-corrected chi connectivity index (χ1v) is 7.11. The molecule has 1 rings (SSSR count). The number of thiazole rings is 1. The molecule has 0 atom stereocenters. The normalized spacial score (nSPS) is 10.4. The van der Waals surface area contributed by atoms with Crippen LogP contribution in [0.25, 0.3) is 0 Å². The van der Waals surface area contributed by atoms with Crippen molar-refractivity contribution >= 4 is 34.1 Å². The first-order chi connectivity index (χ1) is 9.31. The molecule has 0 radical (unpaired) electrons. The van der Waals surface area contributed by atoms with E-state index in [1.165, 1.54) is 16.2 Å². The Kier molecular flexibility index (Phi) is 5.75. The molecule has 1 aromatic heterocycles. The molecule has 7 nitrogen and oxygen atoms in total. The van der Waals surface area contributed by atoms with Crippen molar-refractivity contribution in [2.24, 2.45) is 5.92 Å². The van der Waals surface area contributed by atoms with Gasteiger partial charge in [-0.2, -0.15) is 0 Å². The van der Waals surface area contributed by atoms with Crippen LogP contribution in [-0.2, 0) is 4.79 Å². The van der Waals surface area contributed by atoms with Crippen molar-refractivity contribution in [1.29, 1.82) is 0 Å². The summed E-state index contributed by atoms with van der Waals surface area (Å²) in [6, 6.07) is 0. The van der Waals surface area contributed by atoms with Gasteiger partial charge in [0.05, 0.1) is 6.54 Å². The van der Waals surface area contributed by atoms with Gasteiger partial charge in [-0.15, -0.1) is 0 Å². The molecule has 0 bridgehead atoms. The molecule has 0 aromatic carbocycles. The van der Waals surface area contributed by atoms with E-state index in [4.69, 9.17) is 5.73 Å². The molecule has 0 unspecified atom stereocenters. The van der Waals surface area contributed by atoms with Crippen LogP contribution >= 0.6 is 11.3 Å². The van der Waals surface area contributed by atoms with E-state index in [0.29, 0.717) is 15.9 Å². The van der Waals surface area contributed by atoms with Crippen molar-refractivity contribution in [3.05, 3.63) is 4.88 Å². The first-order valence-electron chi connectivity index (χ1n) is 6.29. The van der Waals surface area contributed by atoms with Crippen LogP contribution in [0.3, 0.4) is 0 Å². The Bertz CT molecular complexity index is 484. The Morgan fingerprint density at radius 1 is 1.40 bits per heavy atom. The van der Waals surface area contributed by atoms with E-state index in [9.17, 15) is 9.59 Å². The van der Waals surface area contributed by atoms with E-state index < -0.39 is 0 Å². The third-order valence-corrected chi connectivity index (χ3v) is 3.45. The number of nitrogens with one attached hydrogen (secondary N) is 2. The van der Waals surface area contributed by atoms with Crippen LogP contribution in [0.5, 0.6) is 0 Å². The summed E-state index contributed by atoms with van der Waals surface area (Å²) in [7, 11) is 3.26. The van der Waals surface area contributed by atoms with Gasteiger partial charge < -0.3 is 21.3 Å². The summed E-state index contributed by atoms with van der Waals surface area (Å²) in [5.41, 5.74) is 5.72. The maximum atomic E-state index is 11.9. The molecule has 1 heterocycles. The molecule has 2 amide bonds. The zero-order valence-electron chi connectivity index (χ0n) is 12.2. The van der Waals surface area contributed by atoms with Crippen molar-refractivity contribution in [2.75, 3.05) is 38.2 Å². The molecular weight excluding hydrogens is 278 g/mol. The number of nitrogens with zero attached hydrogens (tertiary/aromatic N) is 2. The third-order valence-electron chi connectivity index (χ3n) is 2.42. The fourth-order valence-electron chi connectivity index (χ4n) is 1.26. The Morgan fingerprint density at radius 3 is 2.60 bits per heavy atom. The summed E-state index contributed by atoms with van der Waals surface area (Å²) >= 11 is 1.19. The summed E-state index contributed by atoms with van der Waals surface area (Å²) in [6.07, 6.45) is 0. The fraction of sp³-hybridized carbons (Fsp3) is 0.583. The molecule has 0 saturated carbocycles. The standard InChI is InChI=1S/C12H21N5O2S/c1-7(2)5-15-12-16-10(13)9(20-12)11(19)14-6-8(18)17(3)4/h7H,5-6,13H2,1-4H3,(H,14,19)(H,15,16). The molecule has 4 N–H and O–H groups in total. The average molecular weight is 299 g/mol. The lowest BCUT2D eigenvalue weighted by atomic mass is 10.2. The van der Waals surface area contributed by atoms with Gasteiger partial charge in [-0.3, -0.25) is 9.59 Å². The number of aromatic nitrogens is 1. The van der Waals surface area contributed by atoms with Gasteiger partial charge in [-0.1, -0.05) is 25.2 Å². The van der Waals surface area contributed by atoms with Crippen LogP contribution in [0.1, 0.15) is 23.5 Å². The van der Waals surface area contributed by atoms with Gasteiger partial charge in [0.15, 0.2) is 5.13 Å². The van der Waals surface area contributed by atoms with Gasteiger partial charge in [0.1, 0.15) is 10.7 Å². The number of amides is 2. The highest BCUT2D eigenvalue weighted by molar-refractivity contribution is 7.18. The van der Waals surface area contributed by atoms with E-state index in [0.717, 1.165) is 6.54 Å². The van der Waals surface area contributed by atoms with E-state index in [-0.39, 0.29) is 24.2 Å². The predicted molar refractivity (Wildman–Crippen MR) is 80.9 cm³/mol. The van der Waals surface area contributed by atoms with Gasteiger partial charge in [-0.25, -0.2) is 4.98 Å². The van der Waals surface area contributed by atoms with Crippen LogP contribution in [0.2, 0.25) is 0 Å². The fourth-order valence-corrected chi connectivity index (χ4v) is 2.06. The molecule has 0 aliphatic heterocycles. The quantitative estimate of drug-likeness (QED) is 0.714. The molecular formula is C12H21N5O2S. The molecule has 0 spiro atoms. The third kappa shape index (κ3) is 4.69. The van der Waals surface area contributed by atoms with E-state index >= 15 is 0 Å². The molecule has 0 aliphatic rings. The summed E-state index contributed by atoms with van der Waals surface area (Å²) in [5, 5.41) is 6.26. The number of anilines is 2. The molecule has 8 heteroatoms. The molecule has 0 fully saturated rings. The maximum absolute atomic E-state index is 11.9. The number of rotatable bonds is 6. The Morgan fingerprint density at radius 2 is 2.05 bits per heavy atom. The first kappa shape index (κ1) is 16.2. The SMILES string of the molecule is CC(C)CNc1nc(N)c(C(=O)NCC(=O)N(C)C)s1. The summed E-state index contributed by atoms with van der Waals surface area (Å²) in [4.78, 5) is 29.2. The molecule has 1 aromatic rings. The van der Waals surface area contributed by atoms with Crippen molar-refractivity contribution in [2.45, 2.75) is 13.8 Å². The monoisotopic (exact) mass is 299 g/mol. The molecule has 0 aliphatic carbocycles. The zero-order valence-corrected chi connectivity index (χ0v) is 13.0. The lowest BCUT2D eigenvalue weighted by Crippen LogP contribution is -2.36. The van der Waals surface area contributed by atoms with Crippen molar-refractivity contribution in [3.63, 3.8) is 0 Å². The minimum Gasteiger partial charge on any atom is -0.382 e. The number of nitrogen functional groups attached to an aromatic ring is 1. The van der Waals surface area contributed by atoms with E-state index in [1.54, 1.807) is 14.1 Å². The van der Waals surface area contributed by atoms with Crippen molar-refractivity contribution < 1.29 is 9.59 Å². The van der Waals surface area contributed by atoms with Crippen molar-refractivity contribution in [1.82, 2.24) is 15.2 Å². The topological polar surface area (TPSA) is 100 Å². The van der Waals surface area contributed by atoms with Crippen LogP contribution in [0.15, 0.2) is 0 Å². The lowest BCUT2D eigenvalue weighted by molar-refractivity contribution is -0.127. The Hall–Kier alpha value is -1.83. The zero-order chi connectivity index (χ0) is 15.3. The van der Waals surface area contributed by atoms with Gasteiger partial charge >= 0.3 is 0 Å².